The second-order valence-corrected chi connectivity index (χ2v) is 8.10. The Hall–Kier alpha value is -3.99. The summed E-state index contributed by atoms with van der Waals surface area (Å²) >= 11 is 6.41. The second kappa shape index (κ2) is 8.75. The Morgan fingerprint density at radius 2 is 1.88 bits per heavy atom. The molecule has 34 heavy (non-hydrogen) atoms. The standard InChI is InChI=1S/C22H17ClF2N8O/c1-32(2)22-26-9-15-7-12(5-6-17(15)27-22)18-11-33(31-28-18)10-14-4-3-13(8-16(14)23)20-29-30-21(34-20)19(24)25/h3-9,11,19H,10H2,1-2H3. The molecule has 0 atom stereocenters. The predicted octanol–water partition coefficient (Wildman–Crippen LogP) is 4.64. The zero-order chi connectivity index (χ0) is 23.8. The van der Waals surface area contributed by atoms with Gasteiger partial charge < -0.3 is 9.32 Å². The molecule has 3 aromatic heterocycles. The lowest BCUT2D eigenvalue weighted by molar-refractivity contribution is 0.116. The maximum Gasteiger partial charge on any atom is 0.314 e. The van der Waals surface area contributed by atoms with Gasteiger partial charge in [-0.15, -0.1) is 15.3 Å². The lowest BCUT2D eigenvalue weighted by atomic mass is 10.1. The summed E-state index contributed by atoms with van der Waals surface area (Å²) in [5, 5.41) is 16.7. The molecule has 3 heterocycles. The number of alkyl halides is 2. The number of halogens is 3. The van der Waals surface area contributed by atoms with Crippen LogP contribution in [-0.4, -0.2) is 49.3 Å². The number of aromatic nitrogens is 7. The van der Waals surface area contributed by atoms with Gasteiger partial charge in [0.15, 0.2) is 0 Å². The first-order chi connectivity index (χ1) is 16.4. The van der Waals surface area contributed by atoms with E-state index >= 15 is 0 Å². The van der Waals surface area contributed by atoms with Gasteiger partial charge in [0.25, 0.3) is 5.89 Å². The van der Waals surface area contributed by atoms with E-state index in [2.05, 4.69) is 30.5 Å². The van der Waals surface area contributed by atoms with Crippen LogP contribution in [0, 0.1) is 0 Å². The van der Waals surface area contributed by atoms with Crippen molar-refractivity contribution in [1.82, 2.24) is 35.2 Å². The van der Waals surface area contributed by atoms with Crippen LogP contribution in [0.3, 0.4) is 0 Å². The van der Waals surface area contributed by atoms with E-state index in [0.717, 1.165) is 22.0 Å². The molecule has 0 saturated carbocycles. The molecular formula is C22H17ClF2N8O. The van der Waals surface area contributed by atoms with Gasteiger partial charge in [0.2, 0.25) is 11.8 Å². The molecule has 12 heteroatoms. The highest BCUT2D eigenvalue weighted by atomic mass is 35.5. The molecular weight excluding hydrogens is 466 g/mol. The smallest absolute Gasteiger partial charge is 0.314 e. The van der Waals surface area contributed by atoms with Gasteiger partial charge in [-0.05, 0) is 29.8 Å². The van der Waals surface area contributed by atoms with Gasteiger partial charge in [0.1, 0.15) is 5.69 Å². The summed E-state index contributed by atoms with van der Waals surface area (Å²) in [6.45, 7) is 0.362. The van der Waals surface area contributed by atoms with Gasteiger partial charge in [-0.2, -0.15) is 8.78 Å². The SMILES string of the molecule is CN(C)c1ncc2cc(-c3cn(Cc4ccc(-c5nnc(C(F)F)o5)cc4Cl)nn3)ccc2n1. The van der Waals surface area contributed by atoms with Gasteiger partial charge in [0.05, 0.1) is 18.3 Å². The molecule has 9 nitrogen and oxygen atoms in total. The minimum absolute atomic E-state index is 0.0234. The predicted molar refractivity (Wildman–Crippen MR) is 122 cm³/mol. The van der Waals surface area contributed by atoms with Crippen LogP contribution in [-0.2, 0) is 6.54 Å². The Balaban J connectivity index is 1.35. The van der Waals surface area contributed by atoms with Crippen LogP contribution < -0.4 is 4.90 Å². The molecule has 0 radical (unpaired) electrons. The van der Waals surface area contributed by atoms with Crippen LogP contribution in [0.1, 0.15) is 17.9 Å². The van der Waals surface area contributed by atoms with Crippen molar-refractivity contribution in [3.8, 4) is 22.7 Å². The maximum absolute atomic E-state index is 12.7. The lowest BCUT2D eigenvalue weighted by Crippen LogP contribution is -2.12. The van der Waals surface area contributed by atoms with Crippen LogP contribution in [0.15, 0.2) is 53.2 Å². The fourth-order valence-electron chi connectivity index (χ4n) is 3.33. The van der Waals surface area contributed by atoms with Crippen LogP contribution in [0.2, 0.25) is 5.02 Å². The molecule has 0 bridgehead atoms. The fourth-order valence-corrected chi connectivity index (χ4v) is 3.57. The van der Waals surface area contributed by atoms with Crippen LogP contribution in [0.25, 0.3) is 33.6 Å². The number of rotatable bonds is 6. The minimum Gasteiger partial charge on any atom is -0.415 e. The molecule has 0 amide bonds. The molecule has 0 aliphatic rings. The van der Waals surface area contributed by atoms with E-state index in [1.54, 1.807) is 29.1 Å². The summed E-state index contributed by atoms with van der Waals surface area (Å²) in [6.07, 6.45) is 0.761. The van der Waals surface area contributed by atoms with E-state index in [-0.39, 0.29) is 5.89 Å². The van der Waals surface area contributed by atoms with Crippen LogP contribution in [0.5, 0.6) is 0 Å². The van der Waals surface area contributed by atoms with Crippen molar-refractivity contribution in [2.24, 2.45) is 0 Å². The monoisotopic (exact) mass is 482 g/mol. The van der Waals surface area contributed by atoms with Crippen molar-refractivity contribution in [1.29, 1.82) is 0 Å². The molecule has 2 aromatic carbocycles. The number of anilines is 1. The quantitative estimate of drug-likeness (QED) is 0.345. The Bertz CT molecular complexity index is 1480. The molecule has 0 N–H and O–H groups in total. The Kier molecular flexibility index (Phi) is 5.62. The van der Waals surface area contributed by atoms with Crippen molar-refractivity contribution in [3.05, 3.63) is 65.3 Å². The largest absolute Gasteiger partial charge is 0.415 e. The Morgan fingerprint density at radius 1 is 1.06 bits per heavy atom. The number of nitrogens with zero attached hydrogens (tertiary/aromatic N) is 8. The topological polar surface area (TPSA) is 98.7 Å². The van der Waals surface area contributed by atoms with E-state index < -0.39 is 12.3 Å². The summed E-state index contributed by atoms with van der Waals surface area (Å²) in [6, 6.07) is 10.8. The third-order valence-corrected chi connectivity index (χ3v) is 5.41. The summed E-state index contributed by atoms with van der Waals surface area (Å²) in [5.74, 6) is -0.115. The van der Waals surface area contributed by atoms with Crippen molar-refractivity contribution in [3.63, 3.8) is 0 Å². The van der Waals surface area contributed by atoms with E-state index in [1.807, 2.05) is 43.4 Å². The van der Waals surface area contributed by atoms with Crippen LogP contribution in [0.4, 0.5) is 14.7 Å². The zero-order valence-electron chi connectivity index (χ0n) is 18.0. The van der Waals surface area contributed by atoms with Gasteiger partial charge in [0, 0.05) is 41.8 Å². The number of benzene rings is 2. The van der Waals surface area contributed by atoms with E-state index in [1.165, 1.54) is 0 Å². The summed E-state index contributed by atoms with van der Waals surface area (Å²) in [5.41, 5.74) is 3.62. The number of fused-ring (bicyclic) bond motifs is 1. The van der Waals surface area contributed by atoms with Gasteiger partial charge in [-0.25, -0.2) is 14.6 Å². The molecule has 5 rings (SSSR count). The fraction of sp³-hybridized carbons (Fsp3) is 0.182. The molecule has 0 aliphatic heterocycles. The average Bonchev–Trinajstić information content (AvgIpc) is 3.50. The first kappa shape index (κ1) is 21.8. The zero-order valence-corrected chi connectivity index (χ0v) is 18.8. The van der Waals surface area contributed by atoms with E-state index in [0.29, 0.717) is 28.8 Å². The van der Waals surface area contributed by atoms with Crippen molar-refractivity contribution < 1.29 is 13.2 Å². The minimum atomic E-state index is -2.83. The molecule has 0 aliphatic carbocycles. The Labute approximate surface area is 197 Å². The molecule has 0 fully saturated rings. The molecule has 0 unspecified atom stereocenters. The third kappa shape index (κ3) is 4.29. The molecule has 172 valence electrons. The molecule has 5 aromatic rings. The van der Waals surface area contributed by atoms with Crippen molar-refractivity contribution >= 4 is 28.5 Å². The summed E-state index contributed by atoms with van der Waals surface area (Å²) < 4.78 is 32.0. The number of hydrogen-bond donors (Lipinski definition) is 0. The van der Waals surface area contributed by atoms with Crippen molar-refractivity contribution in [2.75, 3.05) is 19.0 Å². The first-order valence-electron chi connectivity index (χ1n) is 10.1. The van der Waals surface area contributed by atoms with Gasteiger partial charge in [-0.3, -0.25) is 0 Å². The number of hydrogen-bond acceptors (Lipinski definition) is 8. The molecule has 0 saturated heterocycles. The Morgan fingerprint density at radius 3 is 2.62 bits per heavy atom. The first-order valence-corrected chi connectivity index (χ1v) is 10.5. The maximum atomic E-state index is 12.7. The normalized spacial score (nSPS) is 11.5. The highest BCUT2D eigenvalue weighted by Gasteiger charge is 2.18. The summed E-state index contributed by atoms with van der Waals surface area (Å²) in [7, 11) is 3.78. The second-order valence-electron chi connectivity index (χ2n) is 7.69. The lowest BCUT2D eigenvalue weighted by Gasteiger charge is -2.10. The highest BCUT2D eigenvalue weighted by Crippen LogP contribution is 2.28. The van der Waals surface area contributed by atoms with Crippen LogP contribution >= 0.6 is 11.6 Å². The van der Waals surface area contributed by atoms with E-state index in [9.17, 15) is 8.78 Å². The van der Waals surface area contributed by atoms with Gasteiger partial charge in [-0.1, -0.05) is 28.9 Å². The summed E-state index contributed by atoms with van der Waals surface area (Å²) in [4.78, 5) is 10.7. The third-order valence-electron chi connectivity index (χ3n) is 5.06. The average molecular weight is 483 g/mol. The molecule has 0 spiro atoms. The van der Waals surface area contributed by atoms with E-state index in [4.69, 9.17) is 16.0 Å². The van der Waals surface area contributed by atoms with Gasteiger partial charge >= 0.3 is 6.43 Å². The highest BCUT2D eigenvalue weighted by molar-refractivity contribution is 6.31. The van der Waals surface area contributed by atoms with Crippen molar-refractivity contribution in [2.45, 2.75) is 13.0 Å².